The van der Waals surface area contributed by atoms with Crippen LogP contribution in [-0.4, -0.2) is 43.0 Å². The zero-order chi connectivity index (χ0) is 24.7. The Balaban J connectivity index is 1.65. The molecule has 3 aromatic rings. The summed E-state index contributed by atoms with van der Waals surface area (Å²) in [5, 5.41) is 6.35. The summed E-state index contributed by atoms with van der Waals surface area (Å²) in [7, 11) is 0. The second-order valence-corrected chi connectivity index (χ2v) is 8.77. The molecule has 9 heteroatoms. The molecule has 2 aliphatic rings. The molecule has 0 bridgehead atoms. The maximum absolute atomic E-state index is 14.0. The molecule has 0 spiro atoms. The van der Waals surface area contributed by atoms with E-state index in [2.05, 4.69) is 15.6 Å². The Morgan fingerprint density at radius 3 is 2.66 bits per heavy atom. The molecule has 35 heavy (non-hydrogen) atoms. The third-order valence-corrected chi connectivity index (χ3v) is 6.67. The molecule has 0 aliphatic carbocycles. The minimum absolute atomic E-state index is 0.0967. The minimum Gasteiger partial charge on any atom is -0.370 e. The maximum atomic E-state index is 14.0. The van der Waals surface area contributed by atoms with Crippen molar-refractivity contribution in [2.75, 3.05) is 31.1 Å². The third kappa shape index (κ3) is 3.99. The van der Waals surface area contributed by atoms with Crippen LogP contribution in [-0.2, 0) is 15.8 Å². The summed E-state index contributed by atoms with van der Waals surface area (Å²) in [6.07, 6.45) is -2.22. The van der Waals surface area contributed by atoms with Gasteiger partial charge in [-0.1, -0.05) is 37.3 Å². The van der Waals surface area contributed by atoms with Crippen LogP contribution in [0.15, 0.2) is 54.2 Å². The number of carbonyl (C=O) groups excluding carboxylic acids is 2. The number of aromatic nitrogens is 1. The molecular weight excluding hydrogens is 457 g/mol. The summed E-state index contributed by atoms with van der Waals surface area (Å²) in [6.45, 7) is 4.00. The number of carbonyl (C=O) groups is 2. The van der Waals surface area contributed by atoms with E-state index in [0.29, 0.717) is 30.6 Å². The minimum atomic E-state index is -4.54. The topological polar surface area (TPSA) is 77.2 Å². The molecule has 0 saturated carbocycles. The smallest absolute Gasteiger partial charge is 0.370 e. The predicted octanol–water partition coefficient (Wildman–Crippen LogP) is 4.20. The van der Waals surface area contributed by atoms with Gasteiger partial charge in [0.25, 0.3) is 11.8 Å². The maximum Gasteiger partial charge on any atom is 0.418 e. The molecule has 0 radical (unpaired) electrons. The summed E-state index contributed by atoms with van der Waals surface area (Å²) in [5.74, 6) is -1.76. The number of benzene rings is 2. The number of hydrogen-bond donors (Lipinski definition) is 3. The van der Waals surface area contributed by atoms with Crippen molar-refractivity contribution in [1.82, 2.24) is 15.6 Å². The number of alkyl halides is 3. The molecule has 5 rings (SSSR count). The largest absolute Gasteiger partial charge is 0.418 e. The number of imide groups is 1. The molecule has 2 aliphatic heterocycles. The molecule has 1 atom stereocenters. The summed E-state index contributed by atoms with van der Waals surface area (Å²) >= 11 is 0. The fourth-order valence-corrected chi connectivity index (χ4v) is 5.20. The lowest BCUT2D eigenvalue weighted by atomic mass is 9.87. The number of halogens is 3. The number of para-hydroxylation sites is 2. The highest BCUT2D eigenvalue weighted by Gasteiger charge is 2.45. The Morgan fingerprint density at radius 2 is 1.89 bits per heavy atom. The zero-order valence-corrected chi connectivity index (χ0v) is 19.1. The normalized spacial score (nSPS) is 18.1. The van der Waals surface area contributed by atoms with Gasteiger partial charge in [-0.3, -0.25) is 14.9 Å². The van der Waals surface area contributed by atoms with E-state index in [1.54, 1.807) is 17.2 Å². The van der Waals surface area contributed by atoms with Crippen molar-refractivity contribution >= 4 is 34.0 Å². The predicted molar refractivity (Wildman–Crippen MR) is 128 cm³/mol. The van der Waals surface area contributed by atoms with Gasteiger partial charge in [0, 0.05) is 47.2 Å². The van der Waals surface area contributed by atoms with Gasteiger partial charge < -0.3 is 15.2 Å². The van der Waals surface area contributed by atoms with Crippen LogP contribution in [0, 0.1) is 0 Å². The van der Waals surface area contributed by atoms with E-state index in [1.807, 2.05) is 31.2 Å². The Morgan fingerprint density at radius 1 is 1.09 bits per heavy atom. The van der Waals surface area contributed by atoms with Gasteiger partial charge in [0.05, 0.1) is 16.8 Å². The van der Waals surface area contributed by atoms with Crippen LogP contribution in [0.25, 0.3) is 16.5 Å². The molecule has 2 amide bonds. The van der Waals surface area contributed by atoms with Crippen LogP contribution < -0.4 is 15.5 Å². The number of aromatic amines is 1. The van der Waals surface area contributed by atoms with Crippen molar-refractivity contribution in [3.8, 4) is 0 Å². The Kier molecular flexibility index (Phi) is 5.88. The average Bonchev–Trinajstić information content (AvgIpc) is 3.48. The van der Waals surface area contributed by atoms with Gasteiger partial charge in [-0.05, 0) is 37.2 Å². The number of rotatable bonds is 7. The molecule has 182 valence electrons. The molecule has 2 aromatic carbocycles. The monoisotopic (exact) mass is 482 g/mol. The van der Waals surface area contributed by atoms with Gasteiger partial charge >= 0.3 is 6.18 Å². The number of anilines is 1. The van der Waals surface area contributed by atoms with Crippen molar-refractivity contribution in [2.24, 2.45) is 0 Å². The SMILES string of the molecule is CCNCCCN1CC(C2=C(c3c[nH]c4ccccc34)C(=O)NC2=O)c2cccc(C(F)(F)F)c21. The molecule has 6 nitrogen and oxygen atoms in total. The first-order valence-corrected chi connectivity index (χ1v) is 11.6. The van der Waals surface area contributed by atoms with Crippen molar-refractivity contribution in [3.63, 3.8) is 0 Å². The molecular formula is C26H25F3N4O2. The van der Waals surface area contributed by atoms with Gasteiger partial charge in [0.1, 0.15) is 0 Å². The molecule has 1 unspecified atom stereocenters. The summed E-state index contributed by atoms with van der Waals surface area (Å²) in [6, 6.07) is 11.5. The van der Waals surface area contributed by atoms with Crippen LogP contribution in [0.4, 0.5) is 18.9 Å². The van der Waals surface area contributed by atoms with Crippen molar-refractivity contribution in [2.45, 2.75) is 25.4 Å². The first-order chi connectivity index (χ1) is 16.8. The van der Waals surface area contributed by atoms with E-state index in [9.17, 15) is 22.8 Å². The van der Waals surface area contributed by atoms with Crippen LogP contribution in [0.2, 0.25) is 0 Å². The van der Waals surface area contributed by atoms with Crippen LogP contribution in [0.3, 0.4) is 0 Å². The van der Waals surface area contributed by atoms with Gasteiger partial charge in [0.15, 0.2) is 0 Å². The van der Waals surface area contributed by atoms with Crippen molar-refractivity contribution in [1.29, 1.82) is 0 Å². The lowest BCUT2D eigenvalue weighted by Gasteiger charge is -2.23. The van der Waals surface area contributed by atoms with Crippen LogP contribution in [0.1, 0.15) is 36.0 Å². The fourth-order valence-electron chi connectivity index (χ4n) is 5.20. The first-order valence-electron chi connectivity index (χ1n) is 11.6. The second kappa shape index (κ2) is 8.88. The van der Waals surface area contributed by atoms with Gasteiger partial charge in [0.2, 0.25) is 0 Å². The average molecular weight is 483 g/mol. The molecule has 3 N–H and O–H groups in total. The summed E-state index contributed by atoms with van der Waals surface area (Å²) in [5.41, 5.74) is 1.60. The van der Waals surface area contributed by atoms with E-state index in [4.69, 9.17) is 0 Å². The Labute approximate surface area is 200 Å². The molecule has 0 saturated heterocycles. The van der Waals surface area contributed by atoms with Gasteiger partial charge in [-0.2, -0.15) is 13.2 Å². The third-order valence-electron chi connectivity index (χ3n) is 6.67. The second-order valence-electron chi connectivity index (χ2n) is 8.77. The van der Waals surface area contributed by atoms with Crippen molar-refractivity contribution in [3.05, 3.63) is 70.9 Å². The first kappa shape index (κ1) is 23.2. The van der Waals surface area contributed by atoms with Gasteiger partial charge in [-0.15, -0.1) is 0 Å². The van der Waals surface area contributed by atoms with Gasteiger partial charge in [-0.25, -0.2) is 0 Å². The fraction of sp³-hybridized carbons (Fsp3) is 0.308. The lowest BCUT2D eigenvalue weighted by molar-refractivity contribution is -0.137. The molecule has 1 aromatic heterocycles. The Bertz CT molecular complexity index is 1340. The van der Waals surface area contributed by atoms with Crippen LogP contribution in [0.5, 0.6) is 0 Å². The zero-order valence-electron chi connectivity index (χ0n) is 19.1. The standard InChI is InChI=1S/C26H25F3N4O2/c1-2-30-11-6-12-33-14-18(16-8-5-9-19(23(16)33)26(27,28)29)22-21(24(34)32-25(22)35)17-13-31-20-10-4-3-7-15(17)20/h3-5,7-10,13,18,30-31H,2,6,11-12,14H2,1H3,(H,32,34,35). The van der Waals surface area contributed by atoms with E-state index in [0.717, 1.165) is 23.5 Å². The quantitative estimate of drug-likeness (QED) is 0.349. The number of H-pyrrole nitrogens is 1. The molecule has 3 heterocycles. The van der Waals surface area contributed by atoms with Crippen LogP contribution >= 0.6 is 0 Å². The van der Waals surface area contributed by atoms with E-state index in [1.165, 1.54) is 6.07 Å². The number of nitrogens with one attached hydrogen (secondary N) is 3. The number of nitrogens with zero attached hydrogens (tertiary/aromatic N) is 1. The van der Waals surface area contributed by atoms with E-state index < -0.39 is 29.5 Å². The lowest BCUT2D eigenvalue weighted by Crippen LogP contribution is -2.29. The number of amides is 2. The van der Waals surface area contributed by atoms with E-state index >= 15 is 0 Å². The number of fused-ring (bicyclic) bond motifs is 2. The summed E-state index contributed by atoms with van der Waals surface area (Å²) < 4.78 is 42.0. The molecule has 0 fully saturated rings. The van der Waals surface area contributed by atoms with E-state index in [-0.39, 0.29) is 23.4 Å². The highest BCUT2D eigenvalue weighted by atomic mass is 19.4. The highest BCUT2D eigenvalue weighted by Crippen LogP contribution is 2.49. The Hall–Kier alpha value is -3.59. The summed E-state index contributed by atoms with van der Waals surface area (Å²) in [4.78, 5) is 30.8. The number of hydrogen-bond acceptors (Lipinski definition) is 4. The van der Waals surface area contributed by atoms with Crippen molar-refractivity contribution < 1.29 is 22.8 Å². The highest BCUT2D eigenvalue weighted by molar-refractivity contribution is 6.38.